The van der Waals surface area contributed by atoms with E-state index in [0.717, 1.165) is 24.3 Å². The fraction of sp³-hybridized carbons (Fsp3) is 0.282. The number of hydrogen-bond acceptors (Lipinski definition) is 6. The lowest BCUT2D eigenvalue weighted by Gasteiger charge is -2.32. The van der Waals surface area contributed by atoms with Gasteiger partial charge in [-0.1, -0.05) is 38.1 Å². The van der Waals surface area contributed by atoms with Gasteiger partial charge in [0.25, 0.3) is 0 Å². The van der Waals surface area contributed by atoms with Gasteiger partial charge in [-0.2, -0.15) is 96.6 Å². The highest BCUT2D eigenvalue weighted by molar-refractivity contribution is 5.58. The predicted molar refractivity (Wildman–Crippen MR) is 188 cm³/mol. The van der Waals surface area contributed by atoms with E-state index in [1.54, 1.807) is 13.8 Å². The molecule has 0 aliphatic heterocycles. The molecule has 0 bridgehead atoms. The number of allylic oxidation sites excluding steroid dienone is 2. The number of nitrogens with two attached hydrogens (primary N) is 2. The van der Waals surface area contributed by atoms with Gasteiger partial charge in [0.2, 0.25) is 11.7 Å². The Balaban J connectivity index is 1.48. The molecule has 0 atom stereocenters. The van der Waals surface area contributed by atoms with E-state index in [0.29, 0.717) is 23.3 Å². The van der Waals surface area contributed by atoms with Gasteiger partial charge in [-0.3, -0.25) is 0 Å². The molecule has 0 unspecified atom stereocenters. The standard InChI is InChI=1S/C39H24F22N2O4/c1-31(2,17-3-7-19(8-4-17)64-21-11-13-23(62)25(15-21)66-29(42)27(40)32(44,45)34(48,49)36(52,53)38(56,57)58)18-5-9-20(10-6-18)65-22-12-14-24(63)26(16-22)67-30(43)28(41)33(46,47)35(50,51)37(54,55)39(59,60)61/h3-16H,62-63H2,1-2H3. The van der Waals surface area contributed by atoms with E-state index in [1.165, 1.54) is 48.5 Å². The van der Waals surface area contributed by atoms with Crippen molar-refractivity contribution in [1.29, 1.82) is 0 Å². The zero-order chi connectivity index (χ0) is 51.3. The minimum atomic E-state index is -7.55. The third-order valence-corrected chi connectivity index (χ3v) is 9.18. The number of halogens is 22. The lowest BCUT2D eigenvalue weighted by Crippen LogP contribution is -2.61. The third-order valence-electron chi connectivity index (χ3n) is 9.18. The van der Waals surface area contributed by atoms with E-state index in [4.69, 9.17) is 20.9 Å². The van der Waals surface area contributed by atoms with Crippen molar-refractivity contribution in [2.45, 2.75) is 67.2 Å². The van der Waals surface area contributed by atoms with Gasteiger partial charge in [-0.15, -0.1) is 0 Å². The Bertz CT molecular complexity index is 2330. The van der Waals surface area contributed by atoms with Gasteiger partial charge in [-0.05, 0) is 59.7 Å². The lowest BCUT2D eigenvalue weighted by molar-refractivity contribution is -0.392. The zero-order valence-corrected chi connectivity index (χ0v) is 32.7. The normalized spacial score (nSPS) is 14.6. The Morgan fingerprint density at radius 1 is 0.388 bits per heavy atom. The topological polar surface area (TPSA) is 89.0 Å². The summed E-state index contributed by atoms with van der Waals surface area (Å²) >= 11 is 0. The number of rotatable bonds is 16. The van der Waals surface area contributed by atoms with E-state index in [1.807, 2.05) is 0 Å². The fourth-order valence-electron chi connectivity index (χ4n) is 5.21. The number of benzene rings is 4. The van der Waals surface area contributed by atoms with Crippen LogP contribution in [-0.4, -0.2) is 47.9 Å². The largest absolute Gasteiger partial charge is 0.460 e. The molecular weight excluding hydrogens is 978 g/mol. The molecule has 0 fully saturated rings. The van der Waals surface area contributed by atoms with E-state index >= 15 is 0 Å². The maximum Gasteiger partial charge on any atom is 0.460 e. The number of ether oxygens (including phenoxy) is 4. The molecule has 0 amide bonds. The molecule has 0 aliphatic rings. The molecule has 67 heavy (non-hydrogen) atoms. The summed E-state index contributed by atoms with van der Waals surface area (Å²) in [6.07, 6.45) is -14.6. The number of anilines is 2. The Hall–Kier alpha value is -6.38. The summed E-state index contributed by atoms with van der Waals surface area (Å²) in [7, 11) is 0. The van der Waals surface area contributed by atoms with Crippen molar-refractivity contribution < 1.29 is 116 Å². The highest BCUT2D eigenvalue weighted by Gasteiger charge is 2.84. The second kappa shape index (κ2) is 17.7. The van der Waals surface area contributed by atoms with Gasteiger partial charge in [0.05, 0.1) is 11.4 Å². The minimum absolute atomic E-state index is 0.0404. The average molecular weight is 1000 g/mol. The fourth-order valence-corrected chi connectivity index (χ4v) is 5.21. The van der Waals surface area contributed by atoms with Crippen molar-refractivity contribution >= 4 is 11.4 Å². The molecule has 4 aromatic rings. The first-order chi connectivity index (χ1) is 30.3. The Labute approximate surface area is 359 Å². The van der Waals surface area contributed by atoms with Crippen LogP contribution in [0.5, 0.6) is 34.5 Å². The predicted octanol–water partition coefficient (Wildman–Crippen LogP) is 14.7. The first-order valence-electron chi connectivity index (χ1n) is 17.5. The van der Waals surface area contributed by atoms with Gasteiger partial charge in [0.15, 0.2) is 11.5 Å². The van der Waals surface area contributed by atoms with E-state index < -0.39 is 111 Å². The molecule has 0 radical (unpaired) electrons. The first-order valence-corrected chi connectivity index (χ1v) is 17.5. The maximum atomic E-state index is 14.3. The van der Waals surface area contributed by atoms with Gasteiger partial charge < -0.3 is 30.4 Å². The molecule has 4 aromatic carbocycles. The van der Waals surface area contributed by atoms with Crippen molar-refractivity contribution in [3.63, 3.8) is 0 Å². The summed E-state index contributed by atoms with van der Waals surface area (Å²) in [5.41, 5.74) is 9.69. The van der Waals surface area contributed by atoms with Crippen molar-refractivity contribution in [2.75, 3.05) is 11.5 Å². The second-order valence-electron chi connectivity index (χ2n) is 14.1. The summed E-state index contributed by atoms with van der Waals surface area (Å²) in [5.74, 6) is -55.8. The molecule has 368 valence electrons. The Morgan fingerprint density at radius 3 is 0.925 bits per heavy atom. The number of nitrogen functional groups attached to an aromatic ring is 2. The molecule has 0 spiro atoms. The minimum Gasteiger partial charge on any atom is -0.457 e. The van der Waals surface area contributed by atoms with Crippen molar-refractivity contribution in [2.24, 2.45) is 0 Å². The molecule has 28 heteroatoms. The van der Waals surface area contributed by atoms with Crippen LogP contribution in [0.25, 0.3) is 0 Å². The van der Waals surface area contributed by atoms with Crippen LogP contribution < -0.4 is 30.4 Å². The molecule has 0 heterocycles. The highest BCUT2D eigenvalue weighted by atomic mass is 19.4. The quantitative estimate of drug-likeness (QED) is 0.0660. The zero-order valence-electron chi connectivity index (χ0n) is 32.7. The Morgan fingerprint density at radius 2 is 0.657 bits per heavy atom. The molecular formula is C39H24F22N2O4. The second-order valence-corrected chi connectivity index (χ2v) is 14.1. The number of hydrogen-bond donors (Lipinski definition) is 2. The molecule has 0 saturated carbocycles. The van der Waals surface area contributed by atoms with Gasteiger partial charge in [0, 0.05) is 17.5 Å². The molecule has 0 saturated heterocycles. The van der Waals surface area contributed by atoms with E-state index in [-0.39, 0.29) is 11.5 Å². The van der Waals surface area contributed by atoms with Crippen LogP contribution in [0.15, 0.2) is 109 Å². The van der Waals surface area contributed by atoms with E-state index in [2.05, 4.69) is 9.47 Å². The molecule has 4 N–H and O–H groups in total. The first kappa shape index (κ1) is 53.2. The number of alkyl halides is 18. The summed E-state index contributed by atoms with van der Waals surface area (Å²) < 4.78 is 313. The van der Waals surface area contributed by atoms with Crippen LogP contribution in [0.1, 0.15) is 25.0 Å². The molecule has 6 nitrogen and oxygen atoms in total. The van der Waals surface area contributed by atoms with Gasteiger partial charge in [-0.25, -0.2) is 0 Å². The van der Waals surface area contributed by atoms with Gasteiger partial charge in [0.1, 0.15) is 23.0 Å². The van der Waals surface area contributed by atoms with E-state index in [9.17, 15) is 96.6 Å². The SMILES string of the molecule is CC(C)(c1ccc(Oc2ccc(N)c(OC(F)=C(F)C(F)(F)C(F)(F)C(F)(F)C(F)(F)F)c2)cc1)c1ccc(Oc2ccc(N)c(OC(F)=C(F)C(F)(F)C(F)(F)C(F)(F)C(F)(F)F)c2)cc1. The highest BCUT2D eigenvalue weighted by Crippen LogP contribution is 2.57. The third kappa shape index (κ3) is 9.87. The lowest BCUT2D eigenvalue weighted by atomic mass is 9.78. The van der Waals surface area contributed by atoms with Crippen LogP contribution in [0.2, 0.25) is 0 Å². The average Bonchev–Trinajstić information content (AvgIpc) is 3.21. The Kier molecular flexibility index (Phi) is 14.1. The molecule has 0 aliphatic carbocycles. The monoisotopic (exact) mass is 1000 g/mol. The van der Waals surface area contributed by atoms with Crippen molar-refractivity contribution in [1.82, 2.24) is 0 Å². The van der Waals surface area contributed by atoms with Crippen molar-refractivity contribution in [3.8, 4) is 34.5 Å². The summed E-state index contributed by atoms with van der Waals surface area (Å²) in [5, 5.41) is 0. The summed E-state index contributed by atoms with van der Waals surface area (Å²) in [6.45, 7) is 3.39. The molecule has 0 aromatic heterocycles. The van der Waals surface area contributed by atoms with Crippen LogP contribution in [0.3, 0.4) is 0 Å². The summed E-state index contributed by atoms with van der Waals surface area (Å²) in [6, 6.07) is 9.35. The van der Waals surface area contributed by atoms with Crippen molar-refractivity contribution in [3.05, 3.63) is 120 Å². The van der Waals surface area contributed by atoms with Crippen LogP contribution in [-0.2, 0) is 5.41 Å². The smallest absolute Gasteiger partial charge is 0.457 e. The summed E-state index contributed by atoms with van der Waals surface area (Å²) in [4.78, 5) is 0. The van der Waals surface area contributed by atoms with Crippen LogP contribution >= 0.6 is 0 Å². The van der Waals surface area contributed by atoms with Crippen LogP contribution in [0.4, 0.5) is 108 Å². The molecule has 4 rings (SSSR count). The van der Waals surface area contributed by atoms with Crippen LogP contribution in [0, 0.1) is 0 Å². The maximum absolute atomic E-state index is 14.3. The van der Waals surface area contributed by atoms with Gasteiger partial charge >= 0.3 is 59.9 Å².